The quantitative estimate of drug-likeness (QED) is 0.426. The lowest BCUT2D eigenvalue weighted by Gasteiger charge is -2.10. The second-order valence-electron chi connectivity index (χ2n) is 3.38. The standard InChI is InChI=1S/C11H15N3O3S2/c1-2-17-6-5-9(15)13-14-11(18)12-10(16)8-4-3-7-19-8/h3-4,7H,2,5-6H2,1H3,(H,13,15)(H2,12,14,16,18). The van der Waals surface area contributed by atoms with E-state index in [0.29, 0.717) is 18.1 Å². The molecule has 0 aromatic carbocycles. The Morgan fingerprint density at radius 2 is 2.21 bits per heavy atom. The number of ether oxygens (including phenoxy) is 1. The molecule has 0 aliphatic rings. The normalized spacial score (nSPS) is 9.74. The molecule has 1 aromatic rings. The molecule has 1 aromatic heterocycles. The van der Waals surface area contributed by atoms with Crippen LogP contribution in [0.5, 0.6) is 0 Å². The maximum absolute atomic E-state index is 11.6. The van der Waals surface area contributed by atoms with E-state index in [2.05, 4.69) is 16.2 Å². The van der Waals surface area contributed by atoms with Crippen LogP contribution in [0.3, 0.4) is 0 Å². The molecule has 0 bridgehead atoms. The van der Waals surface area contributed by atoms with Crippen molar-refractivity contribution < 1.29 is 14.3 Å². The van der Waals surface area contributed by atoms with Crippen LogP contribution in [0.15, 0.2) is 17.5 Å². The minimum Gasteiger partial charge on any atom is -0.381 e. The molecule has 0 aliphatic heterocycles. The molecule has 0 unspecified atom stereocenters. The van der Waals surface area contributed by atoms with Gasteiger partial charge in [0.25, 0.3) is 5.91 Å². The Morgan fingerprint density at radius 1 is 1.42 bits per heavy atom. The summed E-state index contributed by atoms with van der Waals surface area (Å²) in [6.45, 7) is 2.76. The van der Waals surface area contributed by atoms with Gasteiger partial charge < -0.3 is 4.74 Å². The number of hydrazine groups is 1. The van der Waals surface area contributed by atoms with Crippen LogP contribution in [0.2, 0.25) is 0 Å². The van der Waals surface area contributed by atoms with Gasteiger partial charge >= 0.3 is 0 Å². The van der Waals surface area contributed by atoms with Crippen LogP contribution in [0.1, 0.15) is 23.0 Å². The molecule has 1 heterocycles. The van der Waals surface area contributed by atoms with Crippen LogP contribution in [0, 0.1) is 0 Å². The van der Waals surface area contributed by atoms with Crippen molar-refractivity contribution in [2.75, 3.05) is 13.2 Å². The molecule has 0 aliphatic carbocycles. The average Bonchev–Trinajstić information content (AvgIpc) is 2.90. The summed E-state index contributed by atoms with van der Waals surface area (Å²) in [7, 11) is 0. The summed E-state index contributed by atoms with van der Waals surface area (Å²) in [5.74, 6) is -0.572. The van der Waals surface area contributed by atoms with E-state index in [1.54, 1.807) is 17.5 Å². The first kappa shape index (κ1) is 15.5. The largest absolute Gasteiger partial charge is 0.381 e. The van der Waals surface area contributed by atoms with Crippen molar-refractivity contribution in [2.45, 2.75) is 13.3 Å². The summed E-state index contributed by atoms with van der Waals surface area (Å²) in [5.41, 5.74) is 4.82. The molecule has 0 radical (unpaired) electrons. The molecule has 0 saturated heterocycles. The third-order valence-electron chi connectivity index (χ3n) is 1.97. The fraction of sp³-hybridized carbons (Fsp3) is 0.364. The fourth-order valence-corrected chi connectivity index (χ4v) is 1.86. The van der Waals surface area contributed by atoms with Crippen molar-refractivity contribution in [3.05, 3.63) is 22.4 Å². The summed E-state index contributed by atoms with van der Waals surface area (Å²) in [6.07, 6.45) is 0.225. The first-order valence-corrected chi connectivity index (χ1v) is 6.93. The van der Waals surface area contributed by atoms with Crippen LogP contribution in [-0.4, -0.2) is 30.1 Å². The zero-order valence-corrected chi connectivity index (χ0v) is 12.0. The number of rotatable bonds is 5. The smallest absolute Gasteiger partial charge is 0.267 e. The van der Waals surface area contributed by atoms with Gasteiger partial charge in [0.15, 0.2) is 5.11 Å². The van der Waals surface area contributed by atoms with E-state index < -0.39 is 0 Å². The van der Waals surface area contributed by atoms with Crippen molar-refractivity contribution in [2.24, 2.45) is 0 Å². The number of carbonyl (C=O) groups is 2. The van der Waals surface area contributed by atoms with Gasteiger partial charge in [0.2, 0.25) is 5.91 Å². The van der Waals surface area contributed by atoms with Gasteiger partial charge in [-0.2, -0.15) is 0 Å². The number of thiocarbonyl (C=S) groups is 1. The van der Waals surface area contributed by atoms with E-state index in [0.717, 1.165) is 0 Å². The van der Waals surface area contributed by atoms with Gasteiger partial charge in [-0.3, -0.25) is 25.8 Å². The van der Waals surface area contributed by atoms with Gasteiger partial charge in [0.05, 0.1) is 17.9 Å². The lowest BCUT2D eigenvalue weighted by molar-refractivity contribution is -0.122. The summed E-state index contributed by atoms with van der Waals surface area (Å²) in [6, 6.07) is 3.45. The molecule has 6 nitrogen and oxygen atoms in total. The van der Waals surface area contributed by atoms with E-state index >= 15 is 0 Å². The molecule has 1 rings (SSSR count). The lowest BCUT2D eigenvalue weighted by Crippen LogP contribution is -2.48. The Bertz CT molecular complexity index is 434. The minimum atomic E-state index is -0.309. The molecular weight excluding hydrogens is 286 g/mol. The molecule has 2 amide bonds. The highest BCUT2D eigenvalue weighted by atomic mass is 32.1. The molecule has 3 N–H and O–H groups in total. The summed E-state index contributed by atoms with van der Waals surface area (Å²) in [4.78, 5) is 23.5. The number of hydrogen-bond donors (Lipinski definition) is 3. The second-order valence-corrected chi connectivity index (χ2v) is 4.74. The maximum atomic E-state index is 11.6. The lowest BCUT2D eigenvalue weighted by atomic mass is 10.4. The monoisotopic (exact) mass is 301 g/mol. The van der Waals surface area contributed by atoms with E-state index in [-0.39, 0.29) is 23.3 Å². The Morgan fingerprint density at radius 3 is 2.84 bits per heavy atom. The Balaban J connectivity index is 2.21. The Kier molecular flexibility index (Phi) is 7.01. The first-order valence-electron chi connectivity index (χ1n) is 5.65. The number of hydrogen-bond acceptors (Lipinski definition) is 5. The highest BCUT2D eigenvalue weighted by Gasteiger charge is 2.08. The van der Waals surface area contributed by atoms with Crippen molar-refractivity contribution in [1.82, 2.24) is 16.2 Å². The van der Waals surface area contributed by atoms with Crippen molar-refractivity contribution >= 4 is 40.5 Å². The third-order valence-corrected chi connectivity index (χ3v) is 3.04. The highest BCUT2D eigenvalue weighted by Crippen LogP contribution is 2.07. The molecule has 0 atom stereocenters. The first-order chi connectivity index (χ1) is 9.13. The van der Waals surface area contributed by atoms with Crippen LogP contribution in [0.25, 0.3) is 0 Å². The van der Waals surface area contributed by atoms with E-state index in [4.69, 9.17) is 17.0 Å². The third kappa shape index (κ3) is 6.27. The average molecular weight is 301 g/mol. The molecule has 0 fully saturated rings. The van der Waals surface area contributed by atoms with E-state index in [1.165, 1.54) is 11.3 Å². The maximum Gasteiger partial charge on any atom is 0.267 e. The second kappa shape index (κ2) is 8.57. The van der Waals surface area contributed by atoms with Gasteiger partial charge in [-0.05, 0) is 30.6 Å². The summed E-state index contributed by atoms with van der Waals surface area (Å²) in [5, 5.41) is 4.29. The molecule has 8 heteroatoms. The van der Waals surface area contributed by atoms with Crippen molar-refractivity contribution in [3.63, 3.8) is 0 Å². The SMILES string of the molecule is CCOCCC(=O)NNC(=S)NC(=O)c1cccs1. The highest BCUT2D eigenvalue weighted by molar-refractivity contribution is 7.80. The van der Waals surface area contributed by atoms with Crippen LogP contribution in [-0.2, 0) is 9.53 Å². The predicted octanol–water partition coefficient (Wildman–Crippen LogP) is 0.810. The minimum absolute atomic E-state index is 0.0446. The van der Waals surface area contributed by atoms with Crippen LogP contribution in [0.4, 0.5) is 0 Å². The van der Waals surface area contributed by atoms with Gasteiger partial charge in [0.1, 0.15) is 0 Å². The molecule has 104 valence electrons. The van der Waals surface area contributed by atoms with Crippen LogP contribution >= 0.6 is 23.6 Å². The van der Waals surface area contributed by atoms with E-state index in [1.807, 2.05) is 6.92 Å². The van der Waals surface area contributed by atoms with Gasteiger partial charge in [-0.15, -0.1) is 11.3 Å². The van der Waals surface area contributed by atoms with Gasteiger partial charge in [-0.1, -0.05) is 6.07 Å². The fourth-order valence-electron chi connectivity index (χ4n) is 1.10. The van der Waals surface area contributed by atoms with E-state index in [9.17, 15) is 9.59 Å². The number of nitrogens with one attached hydrogen (secondary N) is 3. The molecular formula is C11H15N3O3S2. The van der Waals surface area contributed by atoms with Crippen molar-refractivity contribution in [3.8, 4) is 0 Å². The van der Waals surface area contributed by atoms with Crippen molar-refractivity contribution in [1.29, 1.82) is 0 Å². The number of carbonyl (C=O) groups excluding carboxylic acids is 2. The zero-order valence-electron chi connectivity index (χ0n) is 10.4. The predicted molar refractivity (Wildman–Crippen MR) is 76.8 cm³/mol. The summed E-state index contributed by atoms with van der Waals surface area (Å²) >= 11 is 6.18. The number of amides is 2. The summed E-state index contributed by atoms with van der Waals surface area (Å²) < 4.78 is 5.03. The Labute approximate surface area is 120 Å². The number of thiophene rings is 1. The molecule has 19 heavy (non-hydrogen) atoms. The van der Waals surface area contributed by atoms with Gasteiger partial charge in [0, 0.05) is 6.61 Å². The molecule has 0 spiro atoms. The zero-order chi connectivity index (χ0) is 14.1. The molecule has 0 saturated carbocycles. The van der Waals surface area contributed by atoms with Gasteiger partial charge in [-0.25, -0.2) is 0 Å². The Hall–Kier alpha value is -1.51. The topological polar surface area (TPSA) is 79.5 Å². The van der Waals surface area contributed by atoms with Crippen LogP contribution < -0.4 is 16.2 Å².